The fourth-order valence-corrected chi connectivity index (χ4v) is 5.72. The highest BCUT2D eigenvalue weighted by Crippen LogP contribution is 2.16. The Morgan fingerprint density at radius 1 is 0.830 bits per heavy atom. The molecule has 3 heterocycles. The Morgan fingerprint density at radius 2 is 1.53 bits per heavy atom. The summed E-state index contributed by atoms with van der Waals surface area (Å²) in [5.41, 5.74) is 1.96. The van der Waals surface area contributed by atoms with E-state index in [1.165, 1.54) is 0 Å². The molecule has 2 aromatic rings. The van der Waals surface area contributed by atoms with Crippen molar-refractivity contribution in [2.45, 2.75) is 90.0 Å². The Morgan fingerprint density at radius 3 is 2.19 bits per heavy atom. The molecule has 252 valence electrons. The zero-order valence-corrected chi connectivity index (χ0v) is 27.3. The van der Waals surface area contributed by atoms with Gasteiger partial charge < -0.3 is 31.5 Å². The van der Waals surface area contributed by atoms with Gasteiger partial charge >= 0.3 is 0 Å². The lowest BCUT2D eigenvalue weighted by atomic mass is 10.0. The van der Waals surface area contributed by atoms with Crippen molar-refractivity contribution in [2.75, 3.05) is 13.1 Å². The molecule has 0 saturated carbocycles. The average Bonchev–Trinajstić information content (AvgIpc) is 3.49. The van der Waals surface area contributed by atoms with Gasteiger partial charge in [-0.25, -0.2) is 0 Å². The van der Waals surface area contributed by atoms with Crippen LogP contribution in [-0.4, -0.2) is 77.6 Å². The maximum Gasteiger partial charge on any atom is 0.251 e. The molecule has 0 aromatic heterocycles. The highest BCUT2D eigenvalue weighted by atomic mass is 16.2. The van der Waals surface area contributed by atoms with Gasteiger partial charge in [0, 0.05) is 38.0 Å². The molecule has 0 unspecified atom stereocenters. The van der Waals surface area contributed by atoms with Crippen molar-refractivity contribution >= 4 is 35.4 Å². The summed E-state index contributed by atoms with van der Waals surface area (Å²) in [6, 6.07) is 12.7. The van der Waals surface area contributed by atoms with E-state index in [0.717, 1.165) is 11.1 Å². The van der Waals surface area contributed by atoms with Crippen molar-refractivity contribution in [1.82, 2.24) is 31.5 Å². The first-order chi connectivity index (χ1) is 22.5. The van der Waals surface area contributed by atoms with Crippen molar-refractivity contribution in [1.29, 1.82) is 0 Å². The van der Waals surface area contributed by atoms with Gasteiger partial charge in [0.1, 0.15) is 24.2 Å². The standard InChI is InChI=1S/C35H46N6O6/c1-22(2)19-28-33(45)37-23(3)31(43)36-17-7-8-18-41(35(47)27-15-16-30(42)38-27)21-25-11-13-26(14-12-25)32(44)39-29(34(46)40-28)20-24-9-5-4-6-10-24/h4-6,9-14,22-23,27-29H,7-8,15-21H2,1-3H3,(H,36,43)(H,37,45)(H,38,42)(H,39,44)(H,40,46)/t23-,27-,28+,29-/m1/s1. The molecule has 1 saturated heterocycles. The number of benzene rings is 2. The summed E-state index contributed by atoms with van der Waals surface area (Å²) < 4.78 is 0. The Hall–Kier alpha value is -4.74. The molecule has 47 heavy (non-hydrogen) atoms. The summed E-state index contributed by atoms with van der Waals surface area (Å²) in [5.74, 6) is -2.11. The van der Waals surface area contributed by atoms with Gasteiger partial charge in [-0.05, 0) is 61.8 Å². The van der Waals surface area contributed by atoms with E-state index in [1.54, 1.807) is 36.1 Å². The number of nitrogens with one attached hydrogen (secondary N) is 5. The smallest absolute Gasteiger partial charge is 0.251 e. The number of fused-ring (bicyclic) bond motifs is 18. The topological polar surface area (TPSA) is 166 Å². The van der Waals surface area contributed by atoms with E-state index in [9.17, 15) is 28.8 Å². The molecule has 0 spiro atoms. The molecule has 6 amide bonds. The van der Waals surface area contributed by atoms with Crippen molar-refractivity contribution < 1.29 is 28.8 Å². The van der Waals surface area contributed by atoms with Crippen LogP contribution in [0.1, 0.15) is 74.4 Å². The van der Waals surface area contributed by atoms with Crippen LogP contribution >= 0.6 is 0 Å². The van der Waals surface area contributed by atoms with Gasteiger partial charge in [-0.1, -0.05) is 56.3 Å². The minimum absolute atomic E-state index is 0.0572. The number of rotatable bonds is 5. The van der Waals surface area contributed by atoms with Crippen molar-refractivity contribution in [3.8, 4) is 0 Å². The fourth-order valence-electron chi connectivity index (χ4n) is 5.72. The molecular formula is C35H46N6O6. The Labute approximate surface area is 275 Å². The molecule has 1 fully saturated rings. The minimum atomic E-state index is -0.989. The van der Waals surface area contributed by atoms with Crippen molar-refractivity contribution in [2.24, 2.45) is 5.92 Å². The maximum absolute atomic E-state index is 13.7. The molecule has 3 aliphatic rings. The second-order valence-electron chi connectivity index (χ2n) is 12.8. The molecule has 2 bridgehead atoms. The molecular weight excluding hydrogens is 600 g/mol. The lowest BCUT2D eigenvalue weighted by Gasteiger charge is -2.26. The predicted octanol–water partition coefficient (Wildman–Crippen LogP) is 1.58. The number of amides is 6. The third-order valence-corrected chi connectivity index (χ3v) is 8.35. The Balaban J connectivity index is 1.60. The molecule has 12 nitrogen and oxygen atoms in total. The first-order valence-corrected chi connectivity index (χ1v) is 16.4. The van der Waals surface area contributed by atoms with Crippen LogP contribution in [-0.2, 0) is 36.9 Å². The third kappa shape index (κ3) is 10.4. The number of nitrogens with zero attached hydrogens (tertiary/aromatic N) is 1. The molecule has 3 aliphatic heterocycles. The van der Waals surface area contributed by atoms with E-state index in [0.29, 0.717) is 50.8 Å². The van der Waals surface area contributed by atoms with Gasteiger partial charge in [0.25, 0.3) is 5.91 Å². The normalized spacial score (nSPS) is 23.7. The van der Waals surface area contributed by atoms with Crippen LogP contribution < -0.4 is 26.6 Å². The molecule has 5 N–H and O–H groups in total. The predicted molar refractivity (Wildman–Crippen MR) is 176 cm³/mol. The lowest BCUT2D eigenvalue weighted by Crippen LogP contribution is -2.57. The number of carbonyl (C=O) groups excluding carboxylic acids is 6. The molecule has 0 aliphatic carbocycles. The third-order valence-electron chi connectivity index (χ3n) is 8.35. The average molecular weight is 647 g/mol. The quantitative estimate of drug-likeness (QED) is 0.310. The summed E-state index contributed by atoms with van der Waals surface area (Å²) in [4.78, 5) is 80.2. The van der Waals surface area contributed by atoms with Crippen LogP contribution in [0.4, 0.5) is 0 Å². The zero-order chi connectivity index (χ0) is 33.9. The number of hydrogen-bond donors (Lipinski definition) is 5. The summed E-state index contributed by atoms with van der Waals surface area (Å²) in [5, 5.41) is 14.0. The highest BCUT2D eigenvalue weighted by molar-refractivity contribution is 5.99. The van der Waals surface area contributed by atoms with Crippen molar-refractivity contribution in [3.05, 3.63) is 71.3 Å². The van der Waals surface area contributed by atoms with E-state index in [4.69, 9.17) is 0 Å². The van der Waals surface area contributed by atoms with E-state index < -0.39 is 41.9 Å². The largest absolute Gasteiger partial charge is 0.354 e. The summed E-state index contributed by atoms with van der Waals surface area (Å²) in [6.07, 6.45) is 2.44. The van der Waals surface area contributed by atoms with Gasteiger partial charge in [0.15, 0.2) is 0 Å². The van der Waals surface area contributed by atoms with Crippen LogP contribution in [0.2, 0.25) is 0 Å². The second-order valence-corrected chi connectivity index (χ2v) is 12.8. The van der Waals surface area contributed by atoms with E-state index in [1.807, 2.05) is 44.2 Å². The lowest BCUT2D eigenvalue weighted by molar-refractivity contribution is -0.135. The van der Waals surface area contributed by atoms with Crippen LogP contribution in [0.5, 0.6) is 0 Å². The van der Waals surface area contributed by atoms with Gasteiger partial charge in [-0.15, -0.1) is 0 Å². The fraction of sp³-hybridized carbons (Fsp3) is 0.486. The van der Waals surface area contributed by atoms with Gasteiger partial charge in [-0.3, -0.25) is 28.8 Å². The van der Waals surface area contributed by atoms with Gasteiger partial charge in [0.05, 0.1) is 0 Å². The first-order valence-electron chi connectivity index (χ1n) is 16.4. The van der Waals surface area contributed by atoms with Crippen LogP contribution in [0, 0.1) is 5.92 Å². The van der Waals surface area contributed by atoms with E-state index in [2.05, 4.69) is 26.6 Å². The molecule has 2 aromatic carbocycles. The van der Waals surface area contributed by atoms with Gasteiger partial charge in [0.2, 0.25) is 29.5 Å². The molecule has 4 atom stereocenters. The Kier molecular flexibility index (Phi) is 12.5. The number of carbonyl (C=O) groups is 6. The van der Waals surface area contributed by atoms with E-state index >= 15 is 0 Å². The maximum atomic E-state index is 13.7. The summed E-state index contributed by atoms with van der Waals surface area (Å²) in [7, 11) is 0. The SMILES string of the molecule is CC(C)C[C@@H]1NC(=O)[C@@H](Cc2ccccc2)NC(=O)c2ccc(cc2)CN(C(=O)[C@H]2CCC(=O)N2)CCCCNC(=O)[C@@H](C)NC1=O. The highest BCUT2D eigenvalue weighted by Gasteiger charge is 2.32. The second kappa shape index (κ2) is 16.7. The molecule has 5 rings (SSSR count). The molecule has 12 heteroatoms. The van der Waals surface area contributed by atoms with Gasteiger partial charge in [-0.2, -0.15) is 0 Å². The Bertz CT molecular complexity index is 1430. The summed E-state index contributed by atoms with van der Waals surface area (Å²) in [6.45, 7) is 6.47. The van der Waals surface area contributed by atoms with Crippen LogP contribution in [0.25, 0.3) is 0 Å². The monoisotopic (exact) mass is 646 g/mol. The molecule has 0 radical (unpaired) electrons. The zero-order valence-electron chi connectivity index (χ0n) is 27.3. The summed E-state index contributed by atoms with van der Waals surface area (Å²) >= 11 is 0. The van der Waals surface area contributed by atoms with Crippen molar-refractivity contribution in [3.63, 3.8) is 0 Å². The minimum Gasteiger partial charge on any atom is -0.354 e. The van der Waals surface area contributed by atoms with Crippen LogP contribution in [0.15, 0.2) is 54.6 Å². The van der Waals surface area contributed by atoms with E-state index in [-0.39, 0.29) is 36.6 Å². The number of hydrogen-bond acceptors (Lipinski definition) is 6. The first kappa shape index (κ1) is 35.1. The van der Waals surface area contributed by atoms with Crippen LogP contribution in [0.3, 0.4) is 0 Å².